The summed E-state index contributed by atoms with van der Waals surface area (Å²) in [6, 6.07) is 7.74. The lowest BCUT2D eigenvalue weighted by Crippen LogP contribution is -2.18. The Kier molecular flexibility index (Phi) is 11.4. The number of hydrogen-bond acceptors (Lipinski definition) is 3. The molecule has 0 bridgehead atoms. The monoisotopic (exact) mass is 346 g/mol. The minimum absolute atomic E-state index is 0.00345. The molecule has 1 rings (SSSR count). The first-order valence-corrected chi connectivity index (χ1v) is 9.73. The number of benzene rings is 1. The predicted molar refractivity (Wildman–Crippen MR) is 105 cm³/mol. The number of hydrazone groups is 1. The molecule has 0 aliphatic heterocycles. The number of carbonyl (C=O) groups is 1. The molecule has 1 amide bonds. The van der Waals surface area contributed by atoms with Crippen LogP contribution in [0.1, 0.15) is 84.1 Å². The summed E-state index contributed by atoms with van der Waals surface area (Å²) in [7, 11) is 0. The molecular formula is C21H34N2O2. The normalized spacial score (nSPS) is 11.4. The summed E-state index contributed by atoms with van der Waals surface area (Å²) in [4.78, 5) is 11.9. The molecule has 1 aromatic carbocycles. The number of unbranched alkanes of at least 4 members (excludes halogenated alkanes) is 7. The molecule has 0 atom stereocenters. The molecule has 4 heteroatoms. The maximum Gasteiger partial charge on any atom is 0.240 e. The highest BCUT2D eigenvalue weighted by Crippen LogP contribution is 2.13. The van der Waals surface area contributed by atoms with Crippen LogP contribution in [0, 0.1) is 0 Å². The summed E-state index contributed by atoms with van der Waals surface area (Å²) in [5.41, 5.74) is 4.44. The first-order valence-electron chi connectivity index (χ1n) is 9.73. The van der Waals surface area contributed by atoms with E-state index in [0.29, 0.717) is 13.0 Å². The van der Waals surface area contributed by atoms with Gasteiger partial charge in [0.2, 0.25) is 5.91 Å². The molecule has 0 aromatic heterocycles. The van der Waals surface area contributed by atoms with Crippen LogP contribution in [0.5, 0.6) is 5.75 Å². The molecule has 0 unspecified atom stereocenters. The van der Waals surface area contributed by atoms with E-state index >= 15 is 0 Å². The predicted octanol–water partition coefficient (Wildman–Crippen LogP) is 5.46. The summed E-state index contributed by atoms with van der Waals surface area (Å²) < 4.78 is 5.42. The molecule has 0 saturated heterocycles. The molecule has 4 nitrogen and oxygen atoms in total. The largest absolute Gasteiger partial charge is 0.494 e. The van der Waals surface area contributed by atoms with Crippen LogP contribution in [-0.4, -0.2) is 18.2 Å². The van der Waals surface area contributed by atoms with Crippen LogP contribution < -0.4 is 10.2 Å². The van der Waals surface area contributed by atoms with Crippen LogP contribution in [0.3, 0.4) is 0 Å². The maximum absolute atomic E-state index is 11.9. The van der Waals surface area contributed by atoms with E-state index in [9.17, 15) is 4.79 Å². The zero-order chi connectivity index (χ0) is 18.3. The molecule has 0 aliphatic carbocycles. The zero-order valence-electron chi connectivity index (χ0n) is 16.1. The average molecular weight is 347 g/mol. The number of nitrogens with one attached hydrogen (secondary N) is 1. The van der Waals surface area contributed by atoms with Gasteiger partial charge in [-0.3, -0.25) is 4.79 Å². The van der Waals surface area contributed by atoms with Gasteiger partial charge in [-0.15, -0.1) is 0 Å². The number of nitrogens with zero attached hydrogens (tertiary/aromatic N) is 1. The Bertz CT molecular complexity index is 509. The van der Waals surface area contributed by atoms with Gasteiger partial charge in [0.15, 0.2) is 0 Å². The van der Waals surface area contributed by atoms with Gasteiger partial charge in [0.25, 0.3) is 0 Å². The van der Waals surface area contributed by atoms with Crippen molar-refractivity contribution in [1.29, 1.82) is 0 Å². The Hall–Kier alpha value is -1.84. The van der Waals surface area contributed by atoms with Gasteiger partial charge in [0.05, 0.1) is 12.3 Å². The highest BCUT2D eigenvalue weighted by atomic mass is 16.5. The molecule has 0 aliphatic rings. The van der Waals surface area contributed by atoms with E-state index in [1.54, 1.807) is 0 Å². The summed E-state index contributed by atoms with van der Waals surface area (Å²) in [5, 5.41) is 4.20. The van der Waals surface area contributed by atoms with E-state index in [0.717, 1.165) is 29.9 Å². The minimum atomic E-state index is -0.00345. The van der Waals surface area contributed by atoms with Crippen LogP contribution in [0.25, 0.3) is 0 Å². The summed E-state index contributed by atoms with van der Waals surface area (Å²) >= 11 is 0. The lowest BCUT2D eigenvalue weighted by molar-refractivity contribution is -0.121. The van der Waals surface area contributed by atoms with Gasteiger partial charge in [0.1, 0.15) is 5.75 Å². The maximum atomic E-state index is 11.9. The van der Waals surface area contributed by atoms with Crippen LogP contribution in [0.15, 0.2) is 29.4 Å². The molecule has 0 saturated carbocycles. The fourth-order valence-electron chi connectivity index (χ4n) is 2.65. The van der Waals surface area contributed by atoms with Crippen molar-refractivity contribution in [2.24, 2.45) is 5.10 Å². The first kappa shape index (κ1) is 21.2. The Labute approximate surface area is 153 Å². The molecule has 0 heterocycles. The van der Waals surface area contributed by atoms with Gasteiger partial charge >= 0.3 is 0 Å². The molecule has 25 heavy (non-hydrogen) atoms. The van der Waals surface area contributed by atoms with E-state index < -0.39 is 0 Å². The third-order valence-electron chi connectivity index (χ3n) is 4.19. The third kappa shape index (κ3) is 9.90. The number of rotatable bonds is 13. The van der Waals surface area contributed by atoms with Crippen molar-refractivity contribution in [1.82, 2.24) is 5.43 Å². The second kappa shape index (κ2) is 13.5. The van der Waals surface area contributed by atoms with E-state index in [1.807, 2.05) is 38.1 Å². The number of ether oxygens (including phenoxy) is 1. The fraction of sp³-hybridized carbons (Fsp3) is 0.619. The lowest BCUT2D eigenvalue weighted by Gasteiger charge is -2.05. The van der Waals surface area contributed by atoms with Gasteiger partial charge < -0.3 is 4.74 Å². The van der Waals surface area contributed by atoms with E-state index in [4.69, 9.17) is 4.74 Å². The van der Waals surface area contributed by atoms with E-state index in [1.165, 1.54) is 38.5 Å². The smallest absolute Gasteiger partial charge is 0.240 e. The Morgan fingerprint density at radius 1 is 0.960 bits per heavy atom. The van der Waals surface area contributed by atoms with Crippen molar-refractivity contribution in [3.05, 3.63) is 29.8 Å². The topological polar surface area (TPSA) is 50.7 Å². The standard InChI is InChI=1S/C21H34N2O2/c1-4-6-7-8-9-10-11-12-13-21(24)23-22-18(3)19-14-16-20(17-15-19)25-5-2/h14-17H,4-13H2,1-3H3,(H,23,24)/b22-18+. The van der Waals surface area contributed by atoms with Gasteiger partial charge in [-0.1, -0.05) is 51.9 Å². The SMILES string of the molecule is CCCCCCCCCCC(=O)N/N=C(\C)c1ccc(OCC)cc1. The molecule has 0 spiro atoms. The minimum Gasteiger partial charge on any atom is -0.494 e. The average Bonchev–Trinajstić information content (AvgIpc) is 2.63. The van der Waals surface area contributed by atoms with Crippen molar-refractivity contribution in [2.45, 2.75) is 78.6 Å². The van der Waals surface area contributed by atoms with Crippen LogP contribution in [0.4, 0.5) is 0 Å². The van der Waals surface area contributed by atoms with Gasteiger partial charge in [-0.2, -0.15) is 5.10 Å². The number of amides is 1. The highest BCUT2D eigenvalue weighted by Gasteiger charge is 2.02. The molecule has 0 fully saturated rings. The molecule has 0 radical (unpaired) electrons. The fourth-order valence-corrected chi connectivity index (χ4v) is 2.65. The van der Waals surface area contributed by atoms with Crippen molar-refractivity contribution in [3.63, 3.8) is 0 Å². The van der Waals surface area contributed by atoms with Gasteiger partial charge in [-0.05, 0) is 50.1 Å². The van der Waals surface area contributed by atoms with E-state index in [2.05, 4.69) is 17.5 Å². The molecule has 1 N–H and O–H groups in total. The number of carbonyl (C=O) groups excluding carboxylic acids is 1. The summed E-state index contributed by atoms with van der Waals surface area (Å²) in [6.07, 6.45) is 10.4. The van der Waals surface area contributed by atoms with Crippen LogP contribution in [0.2, 0.25) is 0 Å². The van der Waals surface area contributed by atoms with Crippen molar-refractivity contribution >= 4 is 11.6 Å². The Balaban J connectivity index is 2.20. The second-order valence-electron chi connectivity index (χ2n) is 6.41. The molecule has 1 aromatic rings. The van der Waals surface area contributed by atoms with Crippen molar-refractivity contribution < 1.29 is 9.53 Å². The Morgan fingerprint density at radius 2 is 1.56 bits per heavy atom. The van der Waals surface area contributed by atoms with Crippen LogP contribution in [-0.2, 0) is 4.79 Å². The second-order valence-corrected chi connectivity index (χ2v) is 6.41. The summed E-state index contributed by atoms with van der Waals surface area (Å²) in [6.45, 7) is 6.74. The number of hydrogen-bond donors (Lipinski definition) is 1. The van der Waals surface area contributed by atoms with Crippen LogP contribution >= 0.6 is 0 Å². The highest BCUT2D eigenvalue weighted by molar-refractivity contribution is 5.99. The third-order valence-corrected chi connectivity index (χ3v) is 4.19. The van der Waals surface area contributed by atoms with Gasteiger partial charge in [-0.25, -0.2) is 5.43 Å². The zero-order valence-corrected chi connectivity index (χ0v) is 16.1. The van der Waals surface area contributed by atoms with Crippen molar-refractivity contribution in [2.75, 3.05) is 6.61 Å². The summed E-state index contributed by atoms with van der Waals surface area (Å²) in [5.74, 6) is 0.842. The molecule has 140 valence electrons. The quantitative estimate of drug-likeness (QED) is 0.293. The molecular weight excluding hydrogens is 312 g/mol. The van der Waals surface area contributed by atoms with Gasteiger partial charge in [0, 0.05) is 6.42 Å². The first-order chi connectivity index (χ1) is 12.2. The van der Waals surface area contributed by atoms with Crippen molar-refractivity contribution in [3.8, 4) is 5.75 Å². The van der Waals surface area contributed by atoms with E-state index in [-0.39, 0.29) is 5.91 Å². The lowest BCUT2D eigenvalue weighted by atomic mass is 10.1. The Morgan fingerprint density at radius 3 is 2.16 bits per heavy atom.